The van der Waals surface area contributed by atoms with E-state index in [2.05, 4.69) is 41.0 Å². The van der Waals surface area contributed by atoms with Crippen molar-refractivity contribution in [3.63, 3.8) is 0 Å². The number of aromatic nitrogens is 2. The van der Waals surface area contributed by atoms with Crippen LogP contribution in [0.3, 0.4) is 0 Å². The van der Waals surface area contributed by atoms with Gasteiger partial charge in [0.1, 0.15) is 32.1 Å². The minimum atomic E-state index is -2.90. The predicted molar refractivity (Wildman–Crippen MR) is 144 cm³/mol. The van der Waals surface area contributed by atoms with E-state index in [1.807, 2.05) is 42.1 Å². The van der Waals surface area contributed by atoms with E-state index >= 15 is 0 Å². The van der Waals surface area contributed by atoms with Crippen LogP contribution in [0.2, 0.25) is 0 Å². The second-order valence-electron chi connectivity index (χ2n) is 10.3. The number of ether oxygens (including phenoxy) is 1. The summed E-state index contributed by atoms with van der Waals surface area (Å²) in [4.78, 5) is 13.2. The van der Waals surface area contributed by atoms with Crippen molar-refractivity contribution < 1.29 is 28.0 Å². The summed E-state index contributed by atoms with van der Waals surface area (Å²) in [5.74, 6) is -3.71. The van der Waals surface area contributed by atoms with Gasteiger partial charge in [0.05, 0.1) is 0 Å². The van der Waals surface area contributed by atoms with Crippen LogP contribution >= 0.6 is 0 Å². The molecule has 1 fully saturated rings. The molecule has 2 atom stereocenters. The fraction of sp³-hybridized carbons (Fsp3) is 0.312. The smallest absolute Gasteiger partial charge is 0.343 e. The molecule has 1 aromatic heterocycles. The van der Waals surface area contributed by atoms with Gasteiger partial charge in [0.2, 0.25) is 5.92 Å². The summed E-state index contributed by atoms with van der Waals surface area (Å²) < 4.78 is 37.6. The van der Waals surface area contributed by atoms with Crippen LogP contribution in [0.1, 0.15) is 36.2 Å². The Morgan fingerprint density at radius 2 is 1.67 bits per heavy atom. The first-order chi connectivity index (χ1) is 18.8. The van der Waals surface area contributed by atoms with E-state index in [1.54, 1.807) is 30.3 Å². The molecule has 7 heteroatoms. The Balaban J connectivity index is 1.22. The molecule has 1 aliphatic carbocycles. The van der Waals surface area contributed by atoms with Gasteiger partial charge >= 0.3 is 5.97 Å². The molecule has 39 heavy (non-hydrogen) atoms. The first kappa shape index (κ1) is 26.8. The van der Waals surface area contributed by atoms with Crippen LogP contribution in [0, 0.1) is 12.8 Å². The Morgan fingerprint density at radius 1 is 1.03 bits per heavy atom. The summed E-state index contributed by atoms with van der Waals surface area (Å²) >= 11 is 0. The van der Waals surface area contributed by atoms with Gasteiger partial charge in [0, 0.05) is 25.7 Å². The molecule has 0 saturated heterocycles. The summed E-state index contributed by atoms with van der Waals surface area (Å²) in [7, 11) is 0. The lowest BCUT2D eigenvalue weighted by Crippen LogP contribution is -2.44. The Bertz CT molecular complexity index is 1400. The van der Waals surface area contributed by atoms with E-state index < -0.39 is 29.8 Å². The van der Waals surface area contributed by atoms with Gasteiger partial charge in [-0.3, -0.25) is 0 Å². The van der Waals surface area contributed by atoms with Gasteiger partial charge in [0.15, 0.2) is 5.60 Å². The molecule has 0 radical (unpaired) electrons. The van der Waals surface area contributed by atoms with Crippen LogP contribution in [0.4, 0.5) is 8.78 Å². The second-order valence-corrected chi connectivity index (χ2v) is 10.3. The first-order valence-electron chi connectivity index (χ1n) is 13.3. The van der Waals surface area contributed by atoms with Gasteiger partial charge in [-0.15, -0.1) is 0 Å². The number of imidazole rings is 1. The molecule has 5 rings (SSSR count). The summed E-state index contributed by atoms with van der Waals surface area (Å²) in [6.45, 7) is 3.07. The van der Waals surface area contributed by atoms with Crippen molar-refractivity contribution in [1.82, 2.24) is 4.57 Å². The average molecular weight is 532 g/mol. The molecule has 0 spiro atoms. The highest BCUT2D eigenvalue weighted by Gasteiger charge is 2.54. The first-order valence-corrected chi connectivity index (χ1v) is 13.3. The van der Waals surface area contributed by atoms with Gasteiger partial charge in [-0.25, -0.2) is 22.7 Å². The molecular weight excluding hydrogens is 498 g/mol. The number of benzene rings is 3. The van der Waals surface area contributed by atoms with Crippen LogP contribution in [-0.4, -0.2) is 28.2 Å². The molecular formula is C32H33F2N2O3+. The van der Waals surface area contributed by atoms with E-state index in [1.165, 1.54) is 5.56 Å². The van der Waals surface area contributed by atoms with Crippen molar-refractivity contribution in [1.29, 1.82) is 0 Å². The summed E-state index contributed by atoms with van der Waals surface area (Å²) in [5, 5.41) is 11.5. The van der Waals surface area contributed by atoms with E-state index in [9.17, 15) is 18.7 Å². The number of hydrogen-bond donors (Lipinski definition) is 1. The van der Waals surface area contributed by atoms with Crippen molar-refractivity contribution >= 4 is 5.97 Å². The average Bonchev–Trinajstić information content (AvgIpc) is 3.50. The summed E-state index contributed by atoms with van der Waals surface area (Å²) in [5.41, 5.74) is 1.67. The quantitative estimate of drug-likeness (QED) is 0.224. The number of hydrogen-bond acceptors (Lipinski definition) is 3. The van der Waals surface area contributed by atoms with E-state index in [0.29, 0.717) is 13.1 Å². The number of nitrogens with zero attached hydrogens (tertiary/aromatic N) is 2. The molecule has 1 heterocycles. The molecule has 0 bridgehead atoms. The van der Waals surface area contributed by atoms with E-state index in [4.69, 9.17) is 4.74 Å². The Hall–Kier alpha value is -3.84. The molecule has 4 aromatic rings. The maximum atomic E-state index is 14.0. The third-order valence-corrected chi connectivity index (χ3v) is 7.76. The number of halogens is 2. The normalized spacial score (nSPS) is 18.0. The lowest BCUT2D eigenvalue weighted by Gasteiger charge is -2.32. The van der Waals surface area contributed by atoms with Gasteiger partial charge in [-0.05, 0) is 28.7 Å². The van der Waals surface area contributed by atoms with Crippen molar-refractivity contribution in [2.24, 2.45) is 5.92 Å². The topological polar surface area (TPSA) is 55.3 Å². The minimum absolute atomic E-state index is 0.0123. The molecule has 1 N–H and O–H groups in total. The molecule has 1 aliphatic rings. The number of rotatable bonds is 9. The highest BCUT2D eigenvalue weighted by atomic mass is 19.3. The highest BCUT2D eigenvalue weighted by Crippen LogP contribution is 2.47. The van der Waals surface area contributed by atoms with Crippen LogP contribution in [-0.2, 0) is 28.2 Å². The standard InChI is InChI=1S/C32H33F2N2O3/c1-24-35(18-19-36(24)23-25-12-14-27(15-13-25)26-8-4-2-5-9-26)20-21-39-30(37)32(38,28-10-6-3-7-11-28)29-16-17-31(33,34)22-29/h2-15,18-19,29,38H,16-17,20-23H2,1H3/q+1/t29-,32+/m1/s1. The zero-order valence-electron chi connectivity index (χ0n) is 22.0. The molecule has 1 saturated carbocycles. The second kappa shape index (κ2) is 11.1. The number of alkyl halides is 2. The van der Waals surface area contributed by atoms with Crippen LogP contribution in [0.25, 0.3) is 11.1 Å². The fourth-order valence-electron chi connectivity index (χ4n) is 5.44. The fourth-order valence-corrected chi connectivity index (χ4v) is 5.44. The zero-order chi connectivity index (χ0) is 27.5. The molecule has 0 amide bonds. The highest BCUT2D eigenvalue weighted by molar-refractivity contribution is 5.81. The van der Waals surface area contributed by atoms with Crippen molar-refractivity contribution in [2.45, 2.75) is 50.8 Å². The van der Waals surface area contributed by atoms with Gasteiger partial charge < -0.3 is 9.84 Å². The lowest BCUT2D eigenvalue weighted by molar-refractivity contribution is -0.694. The molecule has 5 nitrogen and oxygen atoms in total. The predicted octanol–water partition coefficient (Wildman–Crippen LogP) is 5.67. The maximum absolute atomic E-state index is 14.0. The van der Waals surface area contributed by atoms with Gasteiger partial charge in [0.25, 0.3) is 5.82 Å². The Morgan fingerprint density at radius 3 is 2.31 bits per heavy atom. The summed E-state index contributed by atoms with van der Waals surface area (Å²) in [6.07, 6.45) is 3.05. The molecule has 3 aromatic carbocycles. The molecule has 0 aliphatic heterocycles. The monoisotopic (exact) mass is 531 g/mol. The van der Waals surface area contributed by atoms with Gasteiger partial charge in [-0.1, -0.05) is 84.9 Å². The van der Waals surface area contributed by atoms with E-state index in [-0.39, 0.29) is 25.0 Å². The van der Waals surface area contributed by atoms with E-state index in [0.717, 1.165) is 17.0 Å². The van der Waals surface area contributed by atoms with Crippen molar-refractivity contribution in [2.75, 3.05) is 6.61 Å². The van der Waals surface area contributed by atoms with Crippen molar-refractivity contribution in [3.05, 3.63) is 114 Å². The number of carbonyl (C=O) groups is 1. The maximum Gasteiger partial charge on any atom is 0.343 e. The SMILES string of the molecule is Cc1n(CCOC(=O)[C@](O)(c2ccccc2)[C@@H]2CCC(F)(F)C2)cc[n+]1Cc1ccc(-c2ccccc2)cc1. The van der Waals surface area contributed by atoms with Gasteiger partial charge in [-0.2, -0.15) is 0 Å². The summed E-state index contributed by atoms with van der Waals surface area (Å²) in [6, 6.07) is 27.0. The molecule has 0 unspecified atom stereocenters. The van der Waals surface area contributed by atoms with Crippen LogP contribution in [0.15, 0.2) is 97.3 Å². The third kappa shape index (κ3) is 5.78. The minimum Gasteiger partial charge on any atom is -0.459 e. The lowest BCUT2D eigenvalue weighted by atomic mass is 9.80. The third-order valence-electron chi connectivity index (χ3n) is 7.76. The van der Waals surface area contributed by atoms with Crippen molar-refractivity contribution in [3.8, 4) is 11.1 Å². The zero-order valence-corrected chi connectivity index (χ0v) is 22.0. The van der Waals surface area contributed by atoms with Crippen LogP contribution in [0.5, 0.6) is 0 Å². The Labute approximate surface area is 227 Å². The largest absolute Gasteiger partial charge is 0.459 e. The van der Waals surface area contributed by atoms with Crippen LogP contribution < -0.4 is 4.57 Å². The number of carbonyl (C=O) groups excluding carboxylic acids is 1. The number of esters is 1. The number of aliphatic hydroxyl groups is 1. The Kier molecular flexibility index (Phi) is 7.62. The molecule has 202 valence electrons.